The first-order valence-corrected chi connectivity index (χ1v) is 5.24. The van der Waals surface area contributed by atoms with Gasteiger partial charge in [0.15, 0.2) is 0 Å². The van der Waals surface area contributed by atoms with Crippen molar-refractivity contribution in [3.8, 4) is 16.8 Å². The maximum Gasteiger partial charge on any atom is 0.240 e. The van der Waals surface area contributed by atoms with Gasteiger partial charge in [0, 0.05) is 0 Å². The molecule has 4 nitrogen and oxygen atoms in total. The van der Waals surface area contributed by atoms with Crippen LogP contribution in [0.5, 0.6) is 0 Å². The molecule has 0 radical (unpaired) electrons. The molecule has 0 bridgehead atoms. The van der Waals surface area contributed by atoms with Crippen molar-refractivity contribution in [2.45, 2.75) is 0 Å². The average Bonchev–Trinajstić information content (AvgIpc) is 2.71. The number of hydrogen-bond donors (Lipinski definition) is 1. The molecule has 2 aromatic rings. The summed E-state index contributed by atoms with van der Waals surface area (Å²) in [5.41, 5.74) is 5.57. The summed E-state index contributed by atoms with van der Waals surface area (Å²) in [7, 11) is 0. The van der Waals surface area contributed by atoms with Crippen LogP contribution in [-0.2, 0) is 0 Å². The van der Waals surface area contributed by atoms with Gasteiger partial charge in [-0.15, -0.1) is 11.3 Å². The number of anilines is 1. The summed E-state index contributed by atoms with van der Waals surface area (Å²) < 4.78 is 6.11. The maximum absolute atomic E-state index is 8.63. The molecule has 0 saturated carbocycles. The van der Waals surface area contributed by atoms with E-state index in [4.69, 9.17) is 15.4 Å². The highest BCUT2D eigenvalue weighted by atomic mass is 79.9. The van der Waals surface area contributed by atoms with Gasteiger partial charge >= 0.3 is 0 Å². The Morgan fingerprint density at radius 2 is 2.36 bits per heavy atom. The first kappa shape index (κ1) is 9.24. The van der Waals surface area contributed by atoms with Gasteiger partial charge < -0.3 is 10.2 Å². The van der Waals surface area contributed by atoms with Crippen molar-refractivity contribution in [3.05, 3.63) is 21.6 Å². The molecular formula is C8H4BrN3OS. The lowest BCUT2D eigenvalue weighted by Crippen LogP contribution is -1.83. The Hall–Kier alpha value is -1.32. The van der Waals surface area contributed by atoms with Crippen molar-refractivity contribution in [2.75, 3.05) is 5.73 Å². The van der Waals surface area contributed by atoms with E-state index in [0.717, 1.165) is 8.66 Å². The highest BCUT2D eigenvalue weighted by Gasteiger charge is 2.12. The fraction of sp³-hybridized carbons (Fsp3) is 0. The van der Waals surface area contributed by atoms with Crippen molar-refractivity contribution in [1.29, 1.82) is 5.26 Å². The van der Waals surface area contributed by atoms with Crippen LogP contribution < -0.4 is 5.73 Å². The van der Waals surface area contributed by atoms with Gasteiger partial charge in [-0.1, -0.05) is 0 Å². The Labute approximate surface area is 92.1 Å². The second kappa shape index (κ2) is 3.44. The normalized spacial score (nSPS) is 10.0. The number of oxazole rings is 1. The quantitative estimate of drug-likeness (QED) is 0.864. The number of thiophene rings is 1. The molecule has 0 aliphatic carbocycles. The van der Waals surface area contributed by atoms with Gasteiger partial charge in [-0.3, -0.25) is 0 Å². The monoisotopic (exact) mass is 269 g/mol. The third-order valence-corrected chi connectivity index (χ3v) is 3.15. The van der Waals surface area contributed by atoms with Gasteiger partial charge in [0.25, 0.3) is 0 Å². The molecule has 0 saturated heterocycles. The number of aromatic nitrogens is 1. The highest BCUT2D eigenvalue weighted by molar-refractivity contribution is 9.11. The number of rotatable bonds is 1. The van der Waals surface area contributed by atoms with E-state index in [0.29, 0.717) is 5.89 Å². The van der Waals surface area contributed by atoms with Crippen LogP contribution in [-0.4, -0.2) is 4.98 Å². The standard InChI is InChI=1S/C8H4BrN3OS/c9-6-2-1-5(14-6)8-12-4(3-10)7(11)13-8/h1-2H,11H2. The van der Waals surface area contributed by atoms with Crippen LogP contribution in [0.25, 0.3) is 10.8 Å². The lowest BCUT2D eigenvalue weighted by Gasteiger charge is -1.84. The van der Waals surface area contributed by atoms with Crippen LogP contribution in [0.1, 0.15) is 5.69 Å². The Balaban J connectivity index is 2.48. The number of nitrogens with zero attached hydrogens (tertiary/aromatic N) is 2. The van der Waals surface area contributed by atoms with Crippen molar-refractivity contribution in [1.82, 2.24) is 4.98 Å². The average molecular weight is 270 g/mol. The van der Waals surface area contributed by atoms with Crippen molar-refractivity contribution in [3.63, 3.8) is 0 Å². The summed E-state index contributed by atoms with van der Waals surface area (Å²) in [6, 6.07) is 5.59. The molecule has 0 spiro atoms. The summed E-state index contributed by atoms with van der Waals surface area (Å²) in [6.07, 6.45) is 0. The maximum atomic E-state index is 8.63. The molecule has 14 heavy (non-hydrogen) atoms. The van der Waals surface area contributed by atoms with Gasteiger partial charge in [0.1, 0.15) is 6.07 Å². The molecule has 2 heterocycles. The Morgan fingerprint density at radius 1 is 1.57 bits per heavy atom. The molecule has 0 unspecified atom stereocenters. The summed E-state index contributed by atoms with van der Waals surface area (Å²) >= 11 is 4.79. The van der Waals surface area contributed by atoms with Gasteiger partial charge in [0.2, 0.25) is 17.5 Å². The van der Waals surface area contributed by atoms with Crippen molar-refractivity contribution in [2.24, 2.45) is 0 Å². The molecule has 2 N–H and O–H groups in total. The molecular weight excluding hydrogens is 266 g/mol. The van der Waals surface area contributed by atoms with Crippen molar-refractivity contribution >= 4 is 33.2 Å². The van der Waals surface area contributed by atoms with Gasteiger partial charge in [-0.05, 0) is 28.1 Å². The van der Waals surface area contributed by atoms with Crippen LogP contribution in [0, 0.1) is 11.3 Å². The molecule has 6 heteroatoms. The van der Waals surface area contributed by atoms with E-state index >= 15 is 0 Å². The lowest BCUT2D eigenvalue weighted by atomic mass is 10.4. The summed E-state index contributed by atoms with van der Waals surface area (Å²) in [5, 5.41) is 8.63. The number of hydrogen-bond acceptors (Lipinski definition) is 5. The predicted octanol–water partition coefficient (Wildman–Crippen LogP) is 2.62. The van der Waals surface area contributed by atoms with Gasteiger partial charge in [-0.25, -0.2) is 0 Å². The largest absolute Gasteiger partial charge is 0.419 e. The Kier molecular flexibility index (Phi) is 2.27. The number of nitrogens with two attached hydrogens (primary N) is 1. The third-order valence-electron chi connectivity index (χ3n) is 1.54. The van der Waals surface area contributed by atoms with Crippen LogP contribution in [0.3, 0.4) is 0 Å². The Bertz CT molecular complexity index is 511. The molecule has 2 aromatic heterocycles. The van der Waals surface area contributed by atoms with E-state index < -0.39 is 0 Å². The van der Waals surface area contributed by atoms with Crippen LogP contribution >= 0.6 is 27.3 Å². The summed E-state index contributed by atoms with van der Waals surface area (Å²) in [6.45, 7) is 0. The van der Waals surface area contributed by atoms with Gasteiger partial charge in [0.05, 0.1) is 8.66 Å². The fourth-order valence-corrected chi connectivity index (χ4v) is 2.26. The number of nitrogen functional groups attached to an aromatic ring is 1. The highest BCUT2D eigenvalue weighted by Crippen LogP contribution is 2.32. The van der Waals surface area contributed by atoms with E-state index in [9.17, 15) is 0 Å². The van der Waals surface area contributed by atoms with E-state index in [-0.39, 0.29) is 11.6 Å². The minimum Gasteiger partial charge on any atom is -0.419 e. The zero-order chi connectivity index (χ0) is 10.1. The van der Waals surface area contributed by atoms with Crippen LogP contribution in [0.15, 0.2) is 20.3 Å². The zero-order valence-electron chi connectivity index (χ0n) is 6.82. The topological polar surface area (TPSA) is 75.8 Å². The number of nitriles is 1. The number of halogens is 1. The second-order valence-corrected chi connectivity index (χ2v) is 4.91. The molecule has 0 fully saturated rings. The summed E-state index contributed by atoms with van der Waals surface area (Å²) in [4.78, 5) is 4.79. The fourth-order valence-electron chi connectivity index (χ4n) is 0.947. The SMILES string of the molecule is N#Cc1nc(-c2ccc(Br)s2)oc1N. The molecule has 0 aromatic carbocycles. The minimum absolute atomic E-state index is 0.0621. The minimum atomic E-state index is 0.0621. The third kappa shape index (κ3) is 1.52. The van der Waals surface area contributed by atoms with E-state index in [1.54, 1.807) is 0 Å². The zero-order valence-corrected chi connectivity index (χ0v) is 9.22. The van der Waals surface area contributed by atoms with Crippen molar-refractivity contribution < 1.29 is 4.42 Å². The molecule has 0 aliphatic rings. The molecule has 2 rings (SSSR count). The lowest BCUT2D eigenvalue weighted by molar-refractivity contribution is 0.595. The first-order valence-electron chi connectivity index (χ1n) is 3.63. The summed E-state index contributed by atoms with van der Waals surface area (Å²) in [5.74, 6) is 0.446. The molecule has 70 valence electrons. The molecule has 0 aliphatic heterocycles. The predicted molar refractivity (Wildman–Crippen MR) is 56.6 cm³/mol. The van der Waals surface area contributed by atoms with Gasteiger partial charge in [-0.2, -0.15) is 10.2 Å². The Morgan fingerprint density at radius 3 is 2.86 bits per heavy atom. The first-order chi connectivity index (χ1) is 6.70. The van der Waals surface area contributed by atoms with E-state index in [1.165, 1.54) is 11.3 Å². The van der Waals surface area contributed by atoms with E-state index in [1.807, 2.05) is 18.2 Å². The smallest absolute Gasteiger partial charge is 0.240 e. The molecule has 0 atom stereocenters. The van der Waals surface area contributed by atoms with Crippen LogP contribution in [0.4, 0.5) is 5.88 Å². The molecule has 0 amide bonds. The van der Waals surface area contributed by atoms with E-state index in [2.05, 4.69) is 20.9 Å². The van der Waals surface area contributed by atoms with Crippen LogP contribution in [0.2, 0.25) is 0 Å². The second-order valence-electron chi connectivity index (χ2n) is 2.45.